The van der Waals surface area contributed by atoms with Gasteiger partial charge in [-0.1, -0.05) is 0 Å². The Morgan fingerprint density at radius 3 is 2.67 bits per heavy atom. The highest BCUT2D eigenvalue weighted by Gasteiger charge is 2.11. The Labute approximate surface area is 104 Å². The zero-order valence-electron chi connectivity index (χ0n) is 9.91. The highest BCUT2D eigenvalue weighted by molar-refractivity contribution is 5.94. The third-order valence-corrected chi connectivity index (χ3v) is 2.52. The number of nitrogens with zero attached hydrogens (tertiary/aromatic N) is 3. The van der Waals surface area contributed by atoms with Crippen molar-refractivity contribution in [1.29, 1.82) is 0 Å². The van der Waals surface area contributed by atoms with E-state index in [1.54, 1.807) is 31.3 Å². The van der Waals surface area contributed by atoms with E-state index in [0.717, 1.165) is 5.56 Å². The van der Waals surface area contributed by atoms with Crippen molar-refractivity contribution in [2.45, 2.75) is 0 Å². The lowest BCUT2D eigenvalue weighted by molar-refractivity contribution is 0.0767. The van der Waals surface area contributed by atoms with Crippen molar-refractivity contribution < 1.29 is 14.3 Å². The Morgan fingerprint density at radius 1 is 1.39 bits per heavy atom. The Hall–Kier alpha value is -2.21. The Bertz CT molecular complexity index is 508. The van der Waals surface area contributed by atoms with Gasteiger partial charge in [0, 0.05) is 24.7 Å². The van der Waals surface area contributed by atoms with E-state index in [9.17, 15) is 4.79 Å². The minimum atomic E-state index is -0.138. The van der Waals surface area contributed by atoms with Crippen molar-refractivity contribution in [1.82, 2.24) is 15.1 Å². The number of aliphatic hydroxyl groups is 1. The predicted octanol–water partition coefficient (Wildman–Crippen LogP) is 0.801. The molecule has 0 aliphatic heterocycles. The van der Waals surface area contributed by atoms with Gasteiger partial charge in [0.25, 0.3) is 5.91 Å². The first kappa shape index (κ1) is 12.3. The number of aromatic nitrogens is 2. The maximum Gasteiger partial charge on any atom is 0.253 e. The van der Waals surface area contributed by atoms with Crippen molar-refractivity contribution in [3.63, 3.8) is 0 Å². The smallest absolute Gasteiger partial charge is 0.253 e. The molecule has 0 saturated carbocycles. The van der Waals surface area contributed by atoms with Crippen LogP contribution < -0.4 is 0 Å². The lowest BCUT2D eigenvalue weighted by atomic mass is 10.1. The minimum Gasteiger partial charge on any atom is -0.423 e. The van der Waals surface area contributed by atoms with E-state index in [1.165, 1.54) is 11.3 Å². The molecule has 1 heterocycles. The fourth-order valence-electron chi connectivity index (χ4n) is 1.53. The molecule has 94 valence electrons. The van der Waals surface area contributed by atoms with E-state index in [0.29, 0.717) is 18.0 Å². The summed E-state index contributed by atoms with van der Waals surface area (Å²) in [6.07, 6.45) is 1.25. The molecule has 2 aromatic rings. The maximum absolute atomic E-state index is 11.9. The van der Waals surface area contributed by atoms with Crippen molar-refractivity contribution in [2.24, 2.45) is 0 Å². The Kier molecular flexibility index (Phi) is 3.69. The molecule has 0 bridgehead atoms. The topological polar surface area (TPSA) is 79.5 Å². The van der Waals surface area contributed by atoms with Crippen LogP contribution in [0.5, 0.6) is 0 Å². The number of amides is 1. The number of benzene rings is 1. The predicted molar refractivity (Wildman–Crippen MR) is 63.8 cm³/mol. The van der Waals surface area contributed by atoms with Gasteiger partial charge in [0.1, 0.15) is 0 Å². The van der Waals surface area contributed by atoms with Gasteiger partial charge in [-0.05, 0) is 24.3 Å². The number of carbonyl (C=O) groups is 1. The molecule has 0 aliphatic carbocycles. The maximum atomic E-state index is 11.9. The molecule has 6 nitrogen and oxygen atoms in total. The fraction of sp³-hybridized carbons (Fsp3) is 0.250. The molecule has 0 radical (unpaired) electrons. The summed E-state index contributed by atoms with van der Waals surface area (Å²) in [5.74, 6) is 0.277. The molecular formula is C12H13N3O3. The third kappa shape index (κ3) is 2.54. The van der Waals surface area contributed by atoms with E-state index in [-0.39, 0.29) is 12.5 Å². The van der Waals surface area contributed by atoms with Crippen LogP contribution in [0.3, 0.4) is 0 Å². The molecule has 18 heavy (non-hydrogen) atoms. The molecule has 2 rings (SSSR count). The first-order valence-corrected chi connectivity index (χ1v) is 5.45. The molecule has 1 aromatic carbocycles. The number of hydrogen-bond acceptors (Lipinski definition) is 5. The van der Waals surface area contributed by atoms with Gasteiger partial charge in [-0.25, -0.2) is 0 Å². The number of aliphatic hydroxyl groups excluding tert-OH is 1. The molecule has 6 heteroatoms. The SMILES string of the molecule is CN(CCO)C(=O)c1ccc(-c2nnco2)cc1. The fourth-order valence-corrected chi connectivity index (χ4v) is 1.53. The molecule has 0 aliphatic rings. The van der Waals surface area contributed by atoms with Crippen LogP contribution >= 0.6 is 0 Å². The summed E-state index contributed by atoms with van der Waals surface area (Å²) < 4.78 is 5.06. The molecule has 1 amide bonds. The van der Waals surface area contributed by atoms with E-state index >= 15 is 0 Å². The average molecular weight is 247 g/mol. The van der Waals surface area contributed by atoms with E-state index in [4.69, 9.17) is 9.52 Å². The first-order valence-electron chi connectivity index (χ1n) is 5.45. The molecule has 1 aromatic heterocycles. The highest BCUT2D eigenvalue weighted by atomic mass is 16.4. The second-order valence-corrected chi connectivity index (χ2v) is 3.77. The molecule has 0 saturated heterocycles. The van der Waals surface area contributed by atoms with Crippen molar-refractivity contribution >= 4 is 5.91 Å². The molecule has 0 fully saturated rings. The van der Waals surface area contributed by atoms with E-state index in [2.05, 4.69) is 10.2 Å². The monoisotopic (exact) mass is 247 g/mol. The first-order chi connectivity index (χ1) is 8.72. The summed E-state index contributed by atoms with van der Waals surface area (Å²) in [5, 5.41) is 16.1. The van der Waals surface area contributed by atoms with Gasteiger partial charge in [0.15, 0.2) is 0 Å². The summed E-state index contributed by atoms with van der Waals surface area (Å²) in [5.41, 5.74) is 1.31. The summed E-state index contributed by atoms with van der Waals surface area (Å²) >= 11 is 0. The minimum absolute atomic E-state index is 0.0533. The quantitative estimate of drug-likeness (QED) is 0.864. The largest absolute Gasteiger partial charge is 0.423 e. The zero-order chi connectivity index (χ0) is 13.0. The van der Waals surface area contributed by atoms with Crippen LogP contribution in [0.1, 0.15) is 10.4 Å². The van der Waals surface area contributed by atoms with Crippen LogP contribution in [0.15, 0.2) is 35.1 Å². The van der Waals surface area contributed by atoms with Crippen LogP contribution in [-0.4, -0.2) is 46.3 Å². The molecule has 0 spiro atoms. The van der Waals surface area contributed by atoms with E-state index in [1.807, 2.05) is 0 Å². The molecule has 0 unspecified atom stereocenters. The van der Waals surface area contributed by atoms with Crippen molar-refractivity contribution in [3.05, 3.63) is 36.2 Å². The molecule has 1 N–H and O–H groups in total. The van der Waals surface area contributed by atoms with Gasteiger partial charge >= 0.3 is 0 Å². The van der Waals surface area contributed by atoms with Crippen LogP contribution in [0.2, 0.25) is 0 Å². The lowest BCUT2D eigenvalue weighted by Gasteiger charge is -2.15. The van der Waals surface area contributed by atoms with Gasteiger partial charge in [-0.15, -0.1) is 10.2 Å². The van der Waals surface area contributed by atoms with Crippen LogP contribution in [-0.2, 0) is 0 Å². The summed E-state index contributed by atoms with van der Waals surface area (Å²) in [7, 11) is 1.64. The van der Waals surface area contributed by atoms with Gasteiger partial charge in [-0.2, -0.15) is 0 Å². The Balaban J connectivity index is 2.15. The standard InChI is InChI=1S/C12H13N3O3/c1-15(6-7-16)12(17)10-4-2-9(3-5-10)11-14-13-8-18-11/h2-5,8,16H,6-7H2,1H3. The van der Waals surface area contributed by atoms with Gasteiger partial charge in [0.2, 0.25) is 12.3 Å². The zero-order valence-corrected chi connectivity index (χ0v) is 9.91. The van der Waals surface area contributed by atoms with Crippen molar-refractivity contribution in [3.8, 4) is 11.5 Å². The normalized spacial score (nSPS) is 10.3. The van der Waals surface area contributed by atoms with Crippen molar-refractivity contribution in [2.75, 3.05) is 20.2 Å². The third-order valence-electron chi connectivity index (χ3n) is 2.52. The Morgan fingerprint density at radius 2 is 2.11 bits per heavy atom. The molecular weight excluding hydrogens is 234 g/mol. The summed E-state index contributed by atoms with van der Waals surface area (Å²) in [6, 6.07) is 6.87. The van der Waals surface area contributed by atoms with Gasteiger partial charge in [-0.3, -0.25) is 4.79 Å². The number of hydrogen-bond donors (Lipinski definition) is 1. The average Bonchev–Trinajstić information content (AvgIpc) is 2.92. The lowest BCUT2D eigenvalue weighted by Crippen LogP contribution is -2.29. The van der Waals surface area contributed by atoms with Crippen LogP contribution in [0.25, 0.3) is 11.5 Å². The number of carbonyl (C=O) groups excluding carboxylic acids is 1. The van der Waals surface area contributed by atoms with Gasteiger partial charge < -0.3 is 14.4 Å². The summed E-state index contributed by atoms with van der Waals surface area (Å²) in [6.45, 7) is 0.257. The molecule has 0 atom stereocenters. The number of likely N-dealkylation sites (N-methyl/N-ethyl adjacent to an activating group) is 1. The highest BCUT2D eigenvalue weighted by Crippen LogP contribution is 2.17. The van der Waals surface area contributed by atoms with Crippen LogP contribution in [0.4, 0.5) is 0 Å². The second-order valence-electron chi connectivity index (χ2n) is 3.77. The summed E-state index contributed by atoms with van der Waals surface area (Å²) in [4.78, 5) is 13.4. The second kappa shape index (κ2) is 5.42. The van der Waals surface area contributed by atoms with Crippen LogP contribution in [0, 0.1) is 0 Å². The van der Waals surface area contributed by atoms with E-state index < -0.39 is 0 Å². The number of rotatable bonds is 4. The van der Waals surface area contributed by atoms with Gasteiger partial charge in [0.05, 0.1) is 6.61 Å².